The number of rotatable bonds is 12. The van der Waals surface area contributed by atoms with Crippen LogP contribution in [0.2, 0.25) is 0 Å². The molecule has 0 aromatic heterocycles. The van der Waals surface area contributed by atoms with Crippen molar-refractivity contribution in [1.82, 2.24) is 10.2 Å². The van der Waals surface area contributed by atoms with Crippen molar-refractivity contribution in [1.29, 1.82) is 0 Å². The number of hydrogen-bond donors (Lipinski definition) is 1. The zero-order chi connectivity index (χ0) is 26.3. The van der Waals surface area contributed by atoms with Crippen LogP contribution in [-0.2, 0) is 26.2 Å². The number of ether oxygens (including phenoxy) is 3. The average Bonchev–Trinajstić information content (AvgIpc) is 3.33. The van der Waals surface area contributed by atoms with Crippen LogP contribution in [0.15, 0.2) is 42.5 Å². The van der Waals surface area contributed by atoms with Gasteiger partial charge in [-0.3, -0.25) is 13.9 Å². The number of carbonyl (C=O) groups excluding carboxylic acids is 2. The lowest BCUT2D eigenvalue weighted by Crippen LogP contribution is -2.52. The average molecular weight is 520 g/mol. The first-order valence-electron chi connectivity index (χ1n) is 11.7. The molecule has 3 rings (SSSR count). The van der Waals surface area contributed by atoms with E-state index >= 15 is 0 Å². The first-order valence-corrected chi connectivity index (χ1v) is 13.6. The molecule has 0 aliphatic carbocycles. The largest absolute Gasteiger partial charge is 0.497 e. The highest BCUT2D eigenvalue weighted by atomic mass is 32.2. The van der Waals surface area contributed by atoms with Gasteiger partial charge in [-0.05, 0) is 42.7 Å². The fourth-order valence-electron chi connectivity index (χ4n) is 3.87. The van der Waals surface area contributed by atoms with Crippen molar-refractivity contribution in [3.05, 3.63) is 48.0 Å². The van der Waals surface area contributed by atoms with Crippen LogP contribution in [0, 0.1) is 0 Å². The monoisotopic (exact) mass is 519 g/mol. The minimum atomic E-state index is -3.84. The molecule has 2 aromatic rings. The predicted octanol–water partition coefficient (Wildman–Crippen LogP) is 2.52. The molecule has 0 saturated heterocycles. The second-order valence-electron chi connectivity index (χ2n) is 8.39. The Morgan fingerprint density at radius 2 is 1.78 bits per heavy atom. The van der Waals surface area contributed by atoms with Crippen LogP contribution in [0.1, 0.15) is 32.3 Å². The SMILES string of the molecule is CCCNC(=O)[C@@H](CC)N(Cc1ccc(OC)cc1)C(=O)CN(c1ccc2c(c1)OCO2)S(C)(=O)=O. The third kappa shape index (κ3) is 6.60. The standard InChI is InChI=1S/C25H33N3O7S/c1-5-13-26-25(30)21(6-2)27(15-18-7-10-20(33-3)11-8-18)24(29)16-28(36(4,31)32)19-9-12-22-23(14-19)35-17-34-22/h7-12,14,21H,5-6,13,15-17H2,1-4H3,(H,26,30)/t21-/m1/s1. The zero-order valence-electron chi connectivity index (χ0n) is 21.0. The Kier molecular flexibility index (Phi) is 9.03. The highest BCUT2D eigenvalue weighted by Crippen LogP contribution is 2.36. The number of hydrogen-bond acceptors (Lipinski definition) is 7. The van der Waals surface area contributed by atoms with E-state index in [0.717, 1.165) is 22.5 Å². The van der Waals surface area contributed by atoms with E-state index in [9.17, 15) is 18.0 Å². The van der Waals surface area contributed by atoms with Crippen LogP contribution in [0.3, 0.4) is 0 Å². The van der Waals surface area contributed by atoms with Gasteiger partial charge in [0.25, 0.3) is 0 Å². The summed E-state index contributed by atoms with van der Waals surface area (Å²) in [6.07, 6.45) is 2.14. The van der Waals surface area contributed by atoms with Crippen LogP contribution >= 0.6 is 0 Å². The molecule has 0 bridgehead atoms. The maximum atomic E-state index is 13.7. The lowest BCUT2D eigenvalue weighted by Gasteiger charge is -2.33. The molecule has 1 aliphatic heterocycles. The smallest absolute Gasteiger partial charge is 0.244 e. The summed E-state index contributed by atoms with van der Waals surface area (Å²) in [5.41, 5.74) is 1.04. The van der Waals surface area contributed by atoms with Crippen LogP contribution in [0.5, 0.6) is 17.2 Å². The Morgan fingerprint density at radius 1 is 1.08 bits per heavy atom. The summed E-state index contributed by atoms with van der Waals surface area (Å²) in [6, 6.07) is 11.1. The number of nitrogens with one attached hydrogen (secondary N) is 1. The maximum absolute atomic E-state index is 13.7. The second kappa shape index (κ2) is 12.0. The van der Waals surface area contributed by atoms with Crippen LogP contribution in [0.4, 0.5) is 5.69 Å². The summed E-state index contributed by atoms with van der Waals surface area (Å²) in [4.78, 5) is 28.1. The lowest BCUT2D eigenvalue weighted by molar-refractivity contribution is -0.140. The highest BCUT2D eigenvalue weighted by Gasteiger charge is 2.32. The molecular weight excluding hydrogens is 486 g/mol. The third-order valence-corrected chi connectivity index (χ3v) is 6.91. The van der Waals surface area contributed by atoms with Crippen LogP contribution in [-0.4, -0.2) is 64.4 Å². The lowest BCUT2D eigenvalue weighted by atomic mass is 10.1. The quantitative estimate of drug-likeness (QED) is 0.458. The molecule has 36 heavy (non-hydrogen) atoms. The van der Waals surface area contributed by atoms with E-state index in [-0.39, 0.29) is 24.9 Å². The topological polar surface area (TPSA) is 114 Å². The number of amides is 2. The van der Waals surface area contributed by atoms with Crippen LogP contribution < -0.4 is 23.8 Å². The summed E-state index contributed by atoms with van der Waals surface area (Å²) >= 11 is 0. The molecule has 0 radical (unpaired) electrons. The molecule has 0 fully saturated rings. The molecule has 1 N–H and O–H groups in total. The Bertz CT molecular complexity index is 1170. The van der Waals surface area contributed by atoms with E-state index in [0.29, 0.717) is 30.2 Å². The molecule has 1 atom stereocenters. The van der Waals surface area contributed by atoms with Gasteiger partial charge in [0.05, 0.1) is 19.1 Å². The minimum absolute atomic E-state index is 0.0390. The first kappa shape index (κ1) is 27.1. The molecule has 1 aliphatic rings. The Morgan fingerprint density at radius 3 is 2.39 bits per heavy atom. The number of carbonyl (C=O) groups is 2. The molecule has 2 amide bonds. The molecule has 196 valence electrons. The zero-order valence-corrected chi connectivity index (χ0v) is 21.8. The molecule has 0 saturated carbocycles. The fraction of sp³-hybridized carbons (Fsp3) is 0.440. The summed E-state index contributed by atoms with van der Waals surface area (Å²) in [5, 5.41) is 2.85. The summed E-state index contributed by atoms with van der Waals surface area (Å²) in [6.45, 7) is 3.92. The van der Waals surface area contributed by atoms with Gasteiger partial charge >= 0.3 is 0 Å². The van der Waals surface area contributed by atoms with Crippen molar-refractivity contribution in [2.24, 2.45) is 0 Å². The summed E-state index contributed by atoms with van der Waals surface area (Å²) in [7, 11) is -2.28. The summed E-state index contributed by atoms with van der Waals surface area (Å²) in [5.74, 6) is 0.769. The molecular formula is C25H33N3O7S. The molecule has 1 heterocycles. The second-order valence-corrected chi connectivity index (χ2v) is 10.3. The van der Waals surface area contributed by atoms with Crippen molar-refractivity contribution in [2.75, 3.05) is 37.6 Å². The predicted molar refractivity (Wildman–Crippen MR) is 136 cm³/mol. The van der Waals surface area contributed by atoms with Crippen molar-refractivity contribution in [3.63, 3.8) is 0 Å². The molecule has 10 nitrogen and oxygen atoms in total. The van der Waals surface area contributed by atoms with E-state index in [4.69, 9.17) is 14.2 Å². The highest BCUT2D eigenvalue weighted by molar-refractivity contribution is 7.92. The molecule has 2 aromatic carbocycles. The van der Waals surface area contributed by atoms with Crippen molar-refractivity contribution >= 4 is 27.5 Å². The van der Waals surface area contributed by atoms with Gasteiger partial charge < -0.3 is 24.4 Å². The van der Waals surface area contributed by atoms with Gasteiger partial charge in [0, 0.05) is 19.2 Å². The van der Waals surface area contributed by atoms with Gasteiger partial charge in [-0.1, -0.05) is 26.0 Å². The van der Waals surface area contributed by atoms with Crippen molar-refractivity contribution < 1.29 is 32.2 Å². The third-order valence-electron chi connectivity index (χ3n) is 5.77. The first-order chi connectivity index (χ1) is 17.2. The Balaban J connectivity index is 1.92. The number of sulfonamides is 1. The summed E-state index contributed by atoms with van der Waals surface area (Å²) < 4.78 is 42.3. The number of benzene rings is 2. The van der Waals surface area contributed by atoms with Gasteiger partial charge in [-0.15, -0.1) is 0 Å². The van der Waals surface area contributed by atoms with Gasteiger partial charge in [0.1, 0.15) is 18.3 Å². The van der Waals surface area contributed by atoms with E-state index in [2.05, 4.69) is 5.32 Å². The van der Waals surface area contributed by atoms with Gasteiger partial charge in [-0.25, -0.2) is 8.42 Å². The van der Waals surface area contributed by atoms with Crippen molar-refractivity contribution in [3.8, 4) is 17.2 Å². The fourth-order valence-corrected chi connectivity index (χ4v) is 4.71. The van der Waals surface area contributed by atoms with Crippen molar-refractivity contribution in [2.45, 2.75) is 39.3 Å². The van der Waals surface area contributed by atoms with Gasteiger partial charge in [0.15, 0.2) is 11.5 Å². The van der Waals surface area contributed by atoms with Gasteiger partial charge in [0.2, 0.25) is 28.6 Å². The number of methoxy groups -OCH3 is 1. The molecule has 11 heteroatoms. The van der Waals surface area contributed by atoms with Crippen LogP contribution in [0.25, 0.3) is 0 Å². The number of fused-ring (bicyclic) bond motifs is 1. The number of anilines is 1. The normalized spacial score (nSPS) is 13.1. The van der Waals surface area contributed by atoms with E-state index < -0.39 is 28.5 Å². The molecule has 0 unspecified atom stereocenters. The van der Waals surface area contributed by atoms with E-state index in [1.807, 2.05) is 26.0 Å². The van der Waals surface area contributed by atoms with E-state index in [1.54, 1.807) is 31.4 Å². The van der Waals surface area contributed by atoms with Gasteiger partial charge in [-0.2, -0.15) is 0 Å². The Hall–Kier alpha value is -3.47. The number of nitrogens with zero attached hydrogens (tertiary/aromatic N) is 2. The molecule has 0 spiro atoms. The minimum Gasteiger partial charge on any atom is -0.497 e. The Labute approximate surface area is 212 Å². The van der Waals surface area contributed by atoms with E-state index in [1.165, 1.54) is 11.0 Å². The maximum Gasteiger partial charge on any atom is 0.244 e.